The largest absolute Gasteiger partial charge is 0.497 e. The summed E-state index contributed by atoms with van der Waals surface area (Å²) < 4.78 is 29.3. The molecule has 1 heterocycles. The first-order valence-corrected chi connectivity index (χ1v) is 9.22. The summed E-state index contributed by atoms with van der Waals surface area (Å²) in [4.78, 5) is 11.6. The maximum atomic E-state index is 12.1. The van der Waals surface area contributed by atoms with Crippen molar-refractivity contribution < 1.29 is 17.9 Å². The van der Waals surface area contributed by atoms with Crippen LogP contribution in [0.15, 0.2) is 29.2 Å². The first-order chi connectivity index (χ1) is 10.7. The van der Waals surface area contributed by atoms with Crippen LogP contribution in [0.25, 0.3) is 5.57 Å². The molecule has 2 unspecified atom stereocenters. The molecule has 1 fully saturated rings. The van der Waals surface area contributed by atoms with Crippen LogP contribution in [-0.2, 0) is 14.6 Å². The molecule has 1 amide bonds. The van der Waals surface area contributed by atoms with Crippen molar-refractivity contribution in [1.82, 2.24) is 10.9 Å². The van der Waals surface area contributed by atoms with Gasteiger partial charge in [0.15, 0.2) is 9.84 Å². The van der Waals surface area contributed by atoms with Gasteiger partial charge in [0.05, 0.1) is 12.0 Å². The Hall–Kier alpha value is -1.86. The van der Waals surface area contributed by atoms with E-state index in [4.69, 9.17) is 4.74 Å². The smallest absolute Gasteiger partial charge is 0.234 e. The minimum Gasteiger partial charge on any atom is -0.497 e. The van der Waals surface area contributed by atoms with E-state index in [-0.39, 0.29) is 22.8 Å². The lowest BCUT2D eigenvalue weighted by atomic mass is 9.93. The second-order valence-electron chi connectivity index (χ2n) is 5.88. The lowest BCUT2D eigenvalue weighted by molar-refractivity contribution is -0.125. The predicted molar refractivity (Wildman–Crippen MR) is 88.6 cm³/mol. The molecule has 6 nitrogen and oxygen atoms in total. The van der Waals surface area contributed by atoms with Crippen LogP contribution in [0.1, 0.15) is 25.8 Å². The van der Waals surface area contributed by atoms with Crippen molar-refractivity contribution in [3.63, 3.8) is 0 Å². The summed E-state index contributed by atoms with van der Waals surface area (Å²) in [5.41, 5.74) is 7.03. The lowest BCUT2D eigenvalue weighted by Crippen LogP contribution is -2.52. The van der Waals surface area contributed by atoms with E-state index in [2.05, 4.69) is 10.9 Å². The highest BCUT2D eigenvalue weighted by molar-refractivity contribution is 7.90. The second-order valence-corrected chi connectivity index (χ2v) is 7.87. The van der Waals surface area contributed by atoms with Gasteiger partial charge in [-0.1, -0.05) is 13.0 Å². The summed E-state index contributed by atoms with van der Waals surface area (Å²) >= 11 is 0. The maximum Gasteiger partial charge on any atom is 0.234 e. The molecule has 0 saturated carbocycles. The summed E-state index contributed by atoms with van der Waals surface area (Å²) in [6.07, 6.45) is 3.56. The van der Waals surface area contributed by atoms with Crippen LogP contribution in [0.2, 0.25) is 0 Å². The number of carbonyl (C=O) groups excluding carboxylic acids is 1. The standard InChI is InChI=1S/C16H22N2O4S/c1-10(7-14-11(2)8-16(19)18-17-14)13-6-5-12(22-3)9-15(13)23(4,20)21/h5-7,9,11,14,17H,8H2,1-4H3,(H,18,19)/b10-7+. The average Bonchev–Trinajstić information content (AvgIpc) is 2.48. The minimum atomic E-state index is -3.39. The van der Waals surface area contributed by atoms with Crippen molar-refractivity contribution in [2.24, 2.45) is 5.92 Å². The molecule has 2 atom stereocenters. The highest BCUT2D eigenvalue weighted by atomic mass is 32.2. The number of hydrogen-bond acceptors (Lipinski definition) is 5. The summed E-state index contributed by atoms with van der Waals surface area (Å²) in [6, 6.07) is 4.96. The number of benzene rings is 1. The van der Waals surface area contributed by atoms with Gasteiger partial charge >= 0.3 is 0 Å². The van der Waals surface area contributed by atoms with Crippen molar-refractivity contribution in [1.29, 1.82) is 0 Å². The van der Waals surface area contributed by atoms with E-state index in [1.807, 2.05) is 19.9 Å². The fourth-order valence-electron chi connectivity index (χ4n) is 2.60. The minimum absolute atomic E-state index is 0.0407. The number of carbonyl (C=O) groups is 1. The summed E-state index contributed by atoms with van der Waals surface area (Å²) in [5, 5.41) is 0. The van der Waals surface area contributed by atoms with Gasteiger partial charge in [0.1, 0.15) is 5.75 Å². The number of allylic oxidation sites excluding steroid dienone is 1. The molecule has 1 aromatic rings. The van der Waals surface area contributed by atoms with Crippen molar-refractivity contribution in [2.45, 2.75) is 31.2 Å². The SMILES string of the molecule is COc1ccc(/C(C)=C/C2NNC(=O)CC2C)c(S(C)(=O)=O)c1. The van der Waals surface area contributed by atoms with Crippen LogP contribution in [0, 0.1) is 5.92 Å². The number of rotatable bonds is 4. The average molecular weight is 338 g/mol. The van der Waals surface area contributed by atoms with Crippen molar-refractivity contribution >= 4 is 21.3 Å². The van der Waals surface area contributed by atoms with E-state index >= 15 is 0 Å². The third-order valence-electron chi connectivity index (χ3n) is 3.94. The summed E-state index contributed by atoms with van der Waals surface area (Å²) in [6.45, 7) is 3.84. The molecule has 1 saturated heterocycles. The molecule has 0 aromatic heterocycles. The quantitative estimate of drug-likeness (QED) is 0.870. The fraction of sp³-hybridized carbons (Fsp3) is 0.438. The van der Waals surface area contributed by atoms with E-state index in [1.165, 1.54) is 19.4 Å². The van der Waals surface area contributed by atoms with Gasteiger partial charge in [-0.3, -0.25) is 10.2 Å². The molecule has 126 valence electrons. The first-order valence-electron chi connectivity index (χ1n) is 7.33. The van der Waals surface area contributed by atoms with Gasteiger partial charge in [0, 0.05) is 18.7 Å². The highest BCUT2D eigenvalue weighted by Gasteiger charge is 2.24. The molecule has 0 aliphatic carbocycles. The molecule has 2 rings (SSSR count). The second kappa shape index (κ2) is 6.72. The number of hydrogen-bond donors (Lipinski definition) is 2. The van der Waals surface area contributed by atoms with Gasteiger partial charge in [-0.05, 0) is 42.2 Å². The Bertz CT molecular complexity index is 740. The Kier molecular flexibility index (Phi) is 5.11. The molecule has 1 aliphatic heterocycles. The highest BCUT2D eigenvalue weighted by Crippen LogP contribution is 2.28. The molecule has 1 aliphatic rings. The van der Waals surface area contributed by atoms with Gasteiger partial charge in [0.2, 0.25) is 5.91 Å². The Labute approximate surface area is 136 Å². The predicted octanol–water partition coefficient (Wildman–Crippen LogP) is 1.53. The monoisotopic (exact) mass is 338 g/mol. The van der Waals surface area contributed by atoms with Gasteiger partial charge in [-0.15, -0.1) is 0 Å². The Balaban J connectivity index is 2.41. The molecule has 1 aromatic carbocycles. The van der Waals surface area contributed by atoms with Gasteiger partial charge in [0.25, 0.3) is 0 Å². The van der Waals surface area contributed by atoms with Crippen molar-refractivity contribution in [3.8, 4) is 5.75 Å². The molecular weight excluding hydrogens is 316 g/mol. The zero-order chi connectivity index (χ0) is 17.2. The molecular formula is C16H22N2O4S. The molecule has 23 heavy (non-hydrogen) atoms. The Morgan fingerprint density at radius 3 is 2.65 bits per heavy atom. The fourth-order valence-corrected chi connectivity index (χ4v) is 3.56. The van der Waals surface area contributed by atoms with Gasteiger partial charge in [-0.25, -0.2) is 13.8 Å². The summed E-state index contributed by atoms with van der Waals surface area (Å²) in [5.74, 6) is 0.582. The van der Waals surface area contributed by atoms with Crippen LogP contribution in [-0.4, -0.2) is 33.7 Å². The number of sulfone groups is 1. The van der Waals surface area contributed by atoms with Crippen LogP contribution in [0.4, 0.5) is 0 Å². The van der Waals surface area contributed by atoms with E-state index in [0.717, 1.165) is 5.57 Å². The van der Waals surface area contributed by atoms with Crippen molar-refractivity contribution in [2.75, 3.05) is 13.4 Å². The van der Waals surface area contributed by atoms with Crippen molar-refractivity contribution in [3.05, 3.63) is 29.8 Å². The number of amides is 1. The molecule has 0 spiro atoms. The number of hydrazine groups is 1. The summed E-state index contributed by atoms with van der Waals surface area (Å²) in [7, 11) is -1.89. The Morgan fingerprint density at radius 2 is 2.09 bits per heavy atom. The molecule has 2 N–H and O–H groups in total. The zero-order valence-electron chi connectivity index (χ0n) is 13.7. The number of ether oxygens (including phenoxy) is 1. The Morgan fingerprint density at radius 1 is 1.39 bits per heavy atom. The van der Waals surface area contributed by atoms with E-state index in [1.54, 1.807) is 12.1 Å². The van der Waals surface area contributed by atoms with Crippen LogP contribution in [0.3, 0.4) is 0 Å². The van der Waals surface area contributed by atoms with Crippen LogP contribution in [0.5, 0.6) is 5.75 Å². The van der Waals surface area contributed by atoms with Gasteiger partial charge in [-0.2, -0.15) is 0 Å². The van der Waals surface area contributed by atoms with Crippen LogP contribution >= 0.6 is 0 Å². The normalized spacial score (nSPS) is 22.6. The first kappa shape index (κ1) is 17.5. The molecule has 7 heteroatoms. The maximum absolute atomic E-state index is 12.1. The number of methoxy groups -OCH3 is 1. The number of nitrogens with one attached hydrogen (secondary N) is 2. The third kappa shape index (κ3) is 4.11. The van der Waals surface area contributed by atoms with E-state index < -0.39 is 9.84 Å². The topological polar surface area (TPSA) is 84.5 Å². The van der Waals surface area contributed by atoms with E-state index in [9.17, 15) is 13.2 Å². The molecule has 0 radical (unpaired) electrons. The van der Waals surface area contributed by atoms with E-state index in [0.29, 0.717) is 17.7 Å². The van der Waals surface area contributed by atoms with Gasteiger partial charge < -0.3 is 4.74 Å². The molecule has 0 bridgehead atoms. The lowest BCUT2D eigenvalue weighted by Gasteiger charge is -2.28. The zero-order valence-corrected chi connectivity index (χ0v) is 14.5. The van der Waals surface area contributed by atoms with Crippen LogP contribution < -0.4 is 15.6 Å². The third-order valence-corrected chi connectivity index (χ3v) is 5.08.